The molecule has 0 N–H and O–H groups in total. The maximum Gasteiger partial charge on any atom is 0.268 e. The van der Waals surface area contributed by atoms with Crippen LogP contribution < -0.4 is 4.74 Å². The van der Waals surface area contributed by atoms with Gasteiger partial charge in [0.05, 0.1) is 36.8 Å². The van der Waals surface area contributed by atoms with Crippen LogP contribution in [0.4, 0.5) is 0 Å². The number of thioether (sulfide) groups is 1. The summed E-state index contributed by atoms with van der Waals surface area (Å²) in [6, 6.07) is 7.27. The second-order valence-corrected chi connectivity index (χ2v) is 6.79. The van der Waals surface area contributed by atoms with Gasteiger partial charge < -0.3 is 9.47 Å². The van der Waals surface area contributed by atoms with E-state index >= 15 is 0 Å². The standard InChI is InChI=1S/C18H23NO4S/c1-5-24-16-15(13-8-6-7-9-14(13)22-4)17(20)19(18(16)21)10-11-23-12(2)3/h6-9,12H,5,10-11H2,1-4H3. The Balaban J connectivity index is 2.35. The minimum Gasteiger partial charge on any atom is -0.496 e. The number of hydrogen-bond donors (Lipinski definition) is 0. The average Bonchev–Trinajstić information content (AvgIpc) is 2.79. The predicted octanol–water partition coefficient (Wildman–Crippen LogP) is 2.95. The molecule has 0 aliphatic carbocycles. The third-order valence-corrected chi connectivity index (χ3v) is 4.51. The van der Waals surface area contributed by atoms with Crippen LogP contribution in [-0.4, -0.2) is 48.8 Å². The molecule has 130 valence electrons. The van der Waals surface area contributed by atoms with E-state index in [4.69, 9.17) is 9.47 Å². The van der Waals surface area contributed by atoms with Crippen LogP contribution in [0, 0.1) is 0 Å². The molecule has 2 rings (SSSR count). The molecule has 0 aromatic heterocycles. The molecule has 24 heavy (non-hydrogen) atoms. The highest BCUT2D eigenvalue weighted by molar-refractivity contribution is 8.04. The molecule has 0 saturated carbocycles. The third-order valence-electron chi connectivity index (χ3n) is 3.56. The quantitative estimate of drug-likeness (QED) is 0.676. The third kappa shape index (κ3) is 3.82. The lowest BCUT2D eigenvalue weighted by Gasteiger charge is -2.16. The Morgan fingerprint density at radius 2 is 1.88 bits per heavy atom. The fourth-order valence-corrected chi connectivity index (χ4v) is 3.37. The fourth-order valence-electron chi connectivity index (χ4n) is 2.50. The Morgan fingerprint density at radius 1 is 1.17 bits per heavy atom. The Bertz CT molecular complexity index is 654. The van der Waals surface area contributed by atoms with Crippen molar-refractivity contribution in [2.45, 2.75) is 26.9 Å². The predicted molar refractivity (Wildman–Crippen MR) is 95.9 cm³/mol. The number of ether oxygens (including phenoxy) is 2. The van der Waals surface area contributed by atoms with Crippen molar-refractivity contribution >= 4 is 29.1 Å². The molecule has 1 aromatic carbocycles. The molecule has 0 fully saturated rings. The number of benzene rings is 1. The van der Waals surface area contributed by atoms with Gasteiger partial charge in [-0.15, -0.1) is 11.8 Å². The Hall–Kier alpha value is -1.79. The van der Waals surface area contributed by atoms with Crippen LogP contribution in [0.15, 0.2) is 29.2 Å². The number of para-hydroxylation sites is 1. The highest BCUT2D eigenvalue weighted by Crippen LogP contribution is 2.39. The molecular formula is C18H23NO4S. The van der Waals surface area contributed by atoms with E-state index in [0.29, 0.717) is 34.2 Å². The zero-order valence-corrected chi connectivity index (χ0v) is 15.3. The van der Waals surface area contributed by atoms with Gasteiger partial charge in [0, 0.05) is 5.56 Å². The number of amides is 2. The minimum atomic E-state index is -0.284. The Kier molecular flexibility index (Phi) is 6.45. The monoisotopic (exact) mass is 349 g/mol. The Morgan fingerprint density at radius 3 is 2.50 bits per heavy atom. The molecule has 0 radical (unpaired) electrons. The van der Waals surface area contributed by atoms with Crippen molar-refractivity contribution < 1.29 is 19.1 Å². The number of hydrogen-bond acceptors (Lipinski definition) is 5. The minimum absolute atomic E-state index is 0.0592. The molecule has 0 saturated heterocycles. The van der Waals surface area contributed by atoms with E-state index in [0.717, 1.165) is 0 Å². The van der Waals surface area contributed by atoms with E-state index in [2.05, 4.69) is 0 Å². The molecule has 1 aliphatic heterocycles. The van der Waals surface area contributed by atoms with Crippen molar-refractivity contribution in [2.24, 2.45) is 0 Å². The number of imide groups is 1. The first-order valence-electron chi connectivity index (χ1n) is 7.99. The van der Waals surface area contributed by atoms with Crippen LogP contribution in [0.1, 0.15) is 26.3 Å². The fraction of sp³-hybridized carbons (Fsp3) is 0.444. The molecule has 1 aliphatic rings. The van der Waals surface area contributed by atoms with Gasteiger partial charge in [-0.25, -0.2) is 0 Å². The van der Waals surface area contributed by atoms with Gasteiger partial charge in [0.15, 0.2) is 0 Å². The summed E-state index contributed by atoms with van der Waals surface area (Å²) in [6.45, 7) is 6.38. The van der Waals surface area contributed by atoms with Gasteiger partial charge in [-0.1, -0.05) is 25.1 Å². The zero-order valence-electron chi connectivity index (χ0n) is 14.5. The van der Waals surface area contributed by atoms with Gasteiger partial charge in [-0.3, -0.25) is 14.5 Å². The van der Waals surface area contributed by atoms with Gasteiger partial charge in [-0.05, 0) is 25.7 Å². The average molecular weight is 349 g/mol. The molecule has 0 spiro atoms. The van der Waals surface area contributed by atoms with Gasteiger partial charge in [-0.2, -0.15) is 0 Å². The van der Waals surface area contributed by atoms with Crippen LogP contribution in [0.3, 0.4) is 0 Å². The second-order valence-electron chi connectivity index (χ2n) is 5.52. The van der Waals surface area contributed by atoms with Crippen LogP contribution in [0.2, 0.25) is 0 Å². The van der Waals surface area contributed by atoms with Gasteiger partial charge >= 0.3 is 0 Å². The van der Waals surface area contributed by atoms with Crippen molar-refractivity contribution in [1.82, 2.24) is 4.90 Å². The smallest absolute Gasteiger partial charge is 0.268 e. The van der Waals surface area contributed by atoms with Crippen LogP contribution in [-0.2, 0) is 14.3 Å². The van der Waals surface area contributed by atoms with E-state index < -0.39 is 0 Å². The van der Waals surface area contributed by atoms with Crippen molar-refractivity contribution in [1.29, 1.82) is 0 Å². The summed E-state index contributed by atoms with van der Waals surface area (Å²) in [4.78, 5) is 27.3. The lowest BCUT2D eigenvalue weighted by molar-refractivity contribution is -0.137. The number of rotatable bonds is 8. The number of carbonyl (C=O) groups excluding carboxylic acids is 2. The normalized spacial score (nSPS) is 15.0. The van der Waals surface area contributed by atoms with Gasteiger partial charge in [0.2, 0.25) is 0 Å². The van der Waals surface area contributed by atoms with Crippen LogP contribution >= 0.6 is 11.8 Å². The first kappa shape index (κ1) is 18.5. The van der Waals surface area contributed by atoms with Crippen LogP contribution in [0.5, 0.6) is 5.75 Å². The highest BCUT2D eigenvalue weighted by Gasteiger charge is 2.39. The summed E-state index contributed by atoms with van der Waals surface area (Å²) in [7, 11) is 1.56. The van der Waals surface area contributed by atoms with Crippen molar-refractivity contribution in [2.75, 3.05) is 26.0 Å². The molecule has 6 heteroatoms. The van der Waals surface area contributed by atoms with E-state index in [9.17, 15) is 9.59 Å². The van der Waals surface area contributed by atoms with Gasteiger partial charge in [0.1, 0.15) is 5.75 Å². The number of carbonyl (C=O) groups is 2. The molecule has 0 atom stereocenters. The summed E-state index contributed by atoms with van der Waals surface area (Å²) in [5.74, 6) is 0.764. The lowest BCUT2D eigenvalue weighted by Crippen LogP contribution is -2.35. The molecule has 0 bridgehead atoms. The molecule has 0 unspecified atom stereocenters. The molecule has 1 heterocycles. The maximum atomic E-state index is 12.9. The van der Waals surface area contributed by atoms with Crippen LogP contribution in [0.25, 0.3) is 5.57 Å². The van der Waals surface area contributed by atoms with E-state index in [1.807, 2.05) is 39.0 Å². The first-order chi connectivity index (χ1) is 11.5. The van der Waals surface area contributed by atoms with Crippen molar-refractivity contribution in [3.63, 3.8) is 0 Å². The molecule has 2 amide bonds. The molecule has 5 nitrogen and oxygen atoms in total. The second kappa shape index (κ2) is 8.35. The van der Waals surface area contributed by atoms with Gasteiger partial charge in [0.25, 0.3) is 11.8 Å². The lowest BCUT2D eigenvalue weighted by atomic mass is 10.1. The van der Waals surface area contributed by atoms with Crippen molar-refractivity contribution in [3.8, 4) is 5.75 Å². The molecule has 1 aromatic rings. The molecular weight excluding hydrogens is 326 g/mol. The summed E-state index contributed by atoms with van der Waals surface area (Å²) < 4.78 is 10.9. The summed E-state index contributed by atoms with van der Waals surface area (Å²) >= 11 is 1.39. The topological polar surface area (TPSA) is 55.8 Å². The van der Waals surface area contributed by atoms with Crippen molar-refractivity contribution in [3.05, 3.63) is 34.7 Å². The summed E-state index contributed by atoms with van der Waals surface area (Å²) in [5, 5.41) is 0. The summed E-state index contributed by atoms with van der Waals surface area (Å²) in [5.41, 5.74) is 1.08. The highest BCUT2D eigenvalue weighted by atomic mass is 32.2. The van der Waals surface area contributed by atoms with E-state index in [-0.39, 0.29) is 24.5 Å². The summed E-state index contributed by atoms with van der Waals surface area (Å²) in [6.07, 6.45) is 0.0592. The largest absolute Gasteiger partial charge is 0.496 e. The maximum absolute atomic E-state index is 12.9. The SMILES string of the molecule is CCSC1=C(c2ccccc2OC)C(=O)N(CCOC(C)C)C1=O. The number of methoxy groups -OCH3 is 1. The van der Waals surface area contributed by atoms with E-state index in [1.165, 1.54) is 16.7 Å². The Labute approximate surface area is 147 Å². The zero-order chi connectivity index (χ0) is 17.7. The number of nitrogens with zero attached hydrogens (tertiary/aromatic N) is 1. The van der Waals surface area contributed by atoms with E-state index in [1.54, 1.807) is 13.2 Å². The first-order valence-corrected chi connectivity index (χ1v) is 8.98.